The predicted octanol–water partition coefficient (Wildman–Crippen LogP) is 1.87. The summed E-state index contributed by atoms with van der Waals surface area (Å²) in [6.07, 6.45) is -0.968. The quantitative estimate of drug-likeness (QED) is 0.617. The first-order valence-corrected chi connectivity index (χ1v) is 7.72. The summed E-state index contributed by atoms with van der Waals surface area (Å²) in [6.45, 7) is 1.44. The van der Waals surface area contributed by atoms with Crippen molar-refractivity contribution in [3.05, 3.63) is 24.2 Å². The fourth-order valence-electron chi connectivity index (χ4n) is 2.70. The van der Waals surface area contributed by atoms with Gasteiger partial charge in [-0.3, -0.25) is 9.89 Å². The highest BCUT2D eigenvalue weighted by molar-refractivity contribution is 5.79. The van der Waals surface area contributed by atoms with Gasteiger partial charge in [0.2, 0.25) is 0 Å². The molecule has 1 aromatic heterocycles. The van der Waals surface area contributed by atoms with Crippen LogP contribution in [-0.2, 0) is 6.42 Å². The maximum Gasteiger partial charge on any atom is 0.401 e. The van der Waals surface area contributed by atoms with E-state index in [4.69, 9.17) is 4.42 Å². The van der Waals surface area contributed by atoms with Crippen molar-refractivity contribution >= 4 is 5.96 Å². The summed E-state index contributed by atoms with van der Waals surface area (Å²) >= 11 is 0. The Morgan fingerprint density at radius 3 is 2.91 bits per heavy atom. The van der Waals surface area contributed by atoms with E-state index in [2.05, 4.69) is 15.6 Å². The largest absolute Gasteiger partial charge is 0.469 e. The lowest BCUT2D eigenvalue weighted by atomic mass is 10.1. The summed E-state index contributed by atoms with van der Waals surface area (Å²) in [7, 11) is 1.67. The lowest BCUT2D eigenvalue weighted by molar-refractivity contribution is -0.143. The molecule has 130 valence electrons. The number of nitrogens with zero attached hydrogens (tertiary/aromatic N) is 2. The van der Waals surface area contributed by atoms with Crippen LogP contribution in [0.3, 0.4) is 0 Å². The van der Waals surface area contributed by atoms with Crippen LogP contribution in [0.2, 0.25) is 0 Å². The molecular formula is C15H23F3N4O. The molecule has 1 atom stereocenters. The molecule has 2 N–H and O–H groups in total. The van der Waals surface area contributed by atoms with E-state index in [-0.39, 0.29) is 5.92 Å². The zero-order valence-corrected chi connectivity index (χ0v) is 13.2. The van der Waals surface area contributed by atoms with Gasteiger partial charge in [-0.1, -0.05) is 0 Å². The molecule has 23 heavy (non-hydrogen) atoms. The molecule has 0 aromatic carbocycles. The van der Waals surface area contributed by atoms with Crippen LogP contribution in [0.15, 0.2) is 27.8 Å². The van der Waals surface area contributed by atoms with E-state index in [0.29, 0.717) is 32.1 Å². The number of guanidine groups is 1. The summed E-state index contributed by atoms with van der Waals surface area (Å²) in [6, 6.07) is 3.75. The molecule has 5 nitrogen and oxygen atoms in total. The molecule has 0 saturated carbocycles. The Labute approximate surface area is 133 Å². The van der Waals surface area contributed by atoms with Crippen molar-refractivity contribution in [3.8, 4) is 0 Å². The molecule has 2 rings (SSSR count). The van der Waals surface area contributed by atoms with Gasteiger partial charge in [-0.25, -0.2) is 0 Å². The molecule has 1 unspecified atom stereocenters. The molecule has 8 heteroatoms. The number of hydrogen-bond donors (Lipinski definition) is 2. The van der Waals surface area contributed by atoms with Gasteiger partial charge in [-0.05, 0) is 31.0 Å². The second-order valence-electron chi connectivity index (χ2n) is 5.71. The van der Waals surface area contributed by atoms with Gasteiger partial charge in [0.05, 0.1) is 12.8 Å². The van der Waals surface area contributed by atoms with Gasteiger partial charge in [0.25, 0.3) is 0 Å². The Morgan fingerprint density at radius 2 is 2.26 bits per heavy atom. The number of nitrogens with one attached hydrogen (secondary N) is 2. The van der Waals surface area contributed by atoms with Crippen molar-refractivity contribution in [2.75, 3.05) is 39.8 Å². The Kier molecular flexibility index (Phi) is 6.32. The van der Waals surface area contributed by atoms with Gasteiger partial charge >= 0.3 is 6.18 Å². The Bertz CT molecular complexity index is 487. The van der Waals surface area contributed by atoms with E-state index in [1.54, 1.807) is 13.3 Å². The lowest BCUT2D eigenvalue weighted by Crippen LogP contribution is -2.41. The van der Waals surface area contributed by atoms with Gasteiger partial charge < -0.3 is 15.1 Å². The molecule has 1 fully saturated rings. The van der Waals surface area contributed by atoms with Gasteiger partial charge in [-0.15, -0.1) is 0 Å². The molecule has 0 amide bonds. The number of alkyl halides is 3. The lowest BCUT2D eigenvalue weighted by Gasteiger charge is -2.18. The zero-order valence-electron chi connectivity index (χ0n) is 13.2. The zero-order chi connectivity index (χ0) is 16.7. The third kappa shape index (κ3) is 6.52. The average molecular weight is 332 g/mol. The highest BCUT2D eigenvalue weighted by Gasteiger charge is 2.34. The molecule has 1 aliphatic rings. The fourth-order valence-corrected chi connectivity index (χ4v) is 2.70. The number of aliphatic imine (C=N–C) groups is 1. The normalized spacial score (nSPS) is 20.0. The summed E-state index contributed by atoms with van der Waals surface area (Å²) in [5.41, 5.74) is 0. The van der Waals surface area contributed by atoms with Crippen LogP contribution in [0, 0.1) is 5.92 Å². The Balaban J connectivity index is 1.64. The second-order valence-corrected chi connectivity index (χ2v) is 5.71. The number of furan rings is 1. The molecule has 2 heterocycles. The van der Waals surface area contributed by atoms with Gasteiger partial charge in [0, 0.05) is 33.1 Å². The van der Waals surface area contributed by atoms with Crippen molar-refractivity contribution in [2.45, 2.75) is 19.0 Å². The van der Waals surface area contributed by atoms with Crippen molar-refractivity contribution in [2.24, 2.45) is 10.9 Å². The summed E-state index contributed by atoms with van der Waals surface area (Å²) < 4.78 is 42.3. The van der Waals surface area contributed by atoms with Crippen LogP contribution in [0.5, 0.6) is 0 Å². The Morgan fingerprint density at radius 1 is 1.43 bits per heavy atom. The number of rotatable bonds is 6. The number of hydrogen-bond acceptors (Lipinski definition) is 3. The molecule has 0 aliphatic carbocycles. The first-order chi connectivity index (χ1) is 11.0. The van der Waals surface area contributed by atoms with Crippen molar-refractivity contribution in [3.63, 3.8) is 0 Å². The third-order valence-corrected chi connectivity index (χ3v) is 3.80. The van der Waals surface area contributed by atoms with Crippen LogP contribution in [0.25, 0.3) is 0 Å². The number of likely N-dealkylation sites (tertiary alicyclic amines) is 1. The minimum atomic E-state index is -4.12. The predicted molar refractivity (Wildman–Crippen MR) is 82.4 cm³/mol. The van der Waals surface area contributed by atoms with E-state index in [9.17, 15) is 13.2 Å². The standard InChI is InChI=1S/C15H23F3N4O/c1-19-14(20-6-4-13-3-2-8-23-13)21-9-12-5-7-22(10-12)11-15(16,17)18/h2-3,8,12H,4-7,9-11H2,1H3,(H2,19,20,21). The van der Waals surface area contributed by atoms with Gasteiger partial charge in [-0.2, -0.15) is 13.2 Å². The fraction of sp³-hybridized carbons (Fsp3) is 0.667. The SMILES string of the molecule is CN=C(NCCc1ccco1)NCC1CCN(CC(F)(F)F)C1. The van der Waals surface area contributed by atoms with Crippen molar-refractivity contribution < 1.29 is 17.6 Å². The molecule has 1 saturated heterocycles. The molecule has 0 radical (unpaired) electrons. The van der Waals surface area contributed by atoms with Crippen molar-refractivity contribution in [1.29, 1.82) is 0 Å². The Hall–Kier alpha value is -1.70. The van der Waals surface area contributed by atoms with Crippen molar-refractivity contribution in [1.82, 2.24) is 15.5 Å². The molecular weight excluding hydrogens is 309 g/mol. The highest BCUT2D eigenvalue weighted by Crippen LogP contribution is 2.22. The second kappa shape index (κ2) is 8.24. The van der Waals surface area contributed by atoms with Crippen LogP contribution < -0.4 is 10.6 Å². The third-order valence-electron chi connectivity index (χ3n) is 3.80. The smallest absolute Gasteiger partial charge is 0.401 e. The number of halogens is 3. The van der Waals surface area contributed by atoms with Crippen LogP contribution in [0.4, 0.5) is 13.2 Å². The first kappa shape index (κ1) is 17.7. The van der Waals surface area contributed by atoms with Crippen LogP contribution >= 0.6 is 0 Å². The van der Waals surface area contributed by atoms with Crippen LogP contribution in [0.1, 0.15) is 12.2 Å². The summed E-state index contributed by atoms with van der Waals surface area (Å²) in [4.78, 5) is 5.57. The first-order valence-electron chi connectivity index (χ1n) is 7.72. The maximum atomic E-state index is 12.4. The van der Waals surface area contributed by atoms with E-state index in [0.717, 1.165) is 18.6 Å². The summed E-state index contributed by atoms with van der Waals surface area (Å²) in [5, 5.41) is 6.34. The molecule has 0 bridgehead atoms. The molecule has 0 spiro atoms. The van der Waals surface area contributed by atoms with Gasteiger partial charge in [0.15, 0.2) is 5.96 Å². The van der Waals surface area contributed by atoms with E-state index in [1.165, 1.54) is 4.90 Å². The minimum absolute atomic E-state index is 0.209. The van der Waals surface area contributed by atoms with E-state index < -0.39 is 12.7 Å². The maximum absolute atomic E-state index is 12.4. The monoisotopic (exact) mass is 332 g/mol. The highest BCUT2D eigenvalue weighted by atomic mass is 19.4. The van der Waals surface area contributed by atoms with E-state index in [1.807, 2.05) is 12.1 Å². The molecule has 1 aromatic rings. The average Bonchev–Trinajstić information content (AvgIpc) is 3.12. The van der Waals surface area contributed by atoms with Gasteiger partial charge in [0.1, 0.15) is 5.76 Å². The molecule has 1 aliphatic heterocycles. The minimum Gasteiger partial charge on any atom is -0.469 e. The van der Waals surface area contributed by atoms with E-state index >= 15 is 0 Å². The van der Waals surface area contributed by atoms with Crippen LogP contribution in [-0.4, -0.2) is 56.8 Å². The summed E-state index contributed by atoms with van der Waals surface area (Å²) in [5.74, 6) is 1.76. The topological polar surface area (TPSA) is 52.8 Å².